The van der Waals surface area contributed by atoms with Crippen molar-refractivity contribution in [2.24, 2.45) is 5.41 Å². The molecule has 4 rings (SSSR count). The molecule has 1 aromatic carbocycles. The van der Waals surface area contributed by atoms with Crippen molar-refractivity contribution in [3.63, 3.8) is 0 Å². The Kier molecular flexibility index (Phi) is 6.11. The molecular formula is C22H27ClF2N4O2S. The highest BCUT2D eigenvalue weighted by atomic mass is 35.5. The summed E-state index contributed by atoms with van der Waals surface area (Å²) < 4.78 is 56.5. The van der Waals surface area contributed by atoms with Gasteiger partial charge in [-0.25, -0.2) is 17.8 Å². The van der Waals surface area contributed by atoms with Gasteiger partial charge in [-0.1, -0.05) is 24.6 Å². The summed E-state index contributed by atoms with van der Waals surface area (Å²) in [6.07, 6.45) is 3.26. The summed E-state index contributed by atoms with van der Waals surface area (Å²) in [5.41, 5.74) is 0.764. The zero-order valence-electron chi connectivity index (χ0n) is 18.3. The van der Waals surface area contributed by atoms with E-state index in [9.17, 15) is 12.8 Å². The lowest BCUT2D eigenvalue weighted by Gasteiger charge is -2.36. The molecule has 0 unspecified atom stereocenters. The van der Waals surface area contributed by atoms with Gasteiger partial charge in [0.2, 0.25) is 5.95 Å². The minimum absolute atomic E-state index is 0.0499. The topological polar surface area (TPSA) is 65.5 Å². The molecule has 10 heteroatoms. The molecule has 0 spiro atoms. The number of aryl methyl sites for hydroxylation is 1. The number of anilines is 2. The Morgan fingerprint density at radius 2 is 2.03 bits per heavy atom. The molecule has 0 aliphatic carbocycles. The van der Waals surface area contributed by atoms with E-state index in [0.717, 1.165) is 38.5 Å². The van der Waals surface area contributed by atoms with Gasteiger partial charge in [0.1, 0.15) is 15.7 Å². The SMILES string of the molecule is Cc1cc(N2CC[C@@](C)([C@H]3CCCN3C)C2)c(Cl)c(F)c1S(=O)(=O)Nc1cccc(F)n1. The first-order valence-electron chi connectivity index (χ1n) is 10.6. The molecule has 0 saturated carbocycles. The van der Waals surface area contributed by atoms with E-state index in [2.05, 4.69) is 28.6 Å². The molecule has 2 fully saturated rings. The average Bonchev–Trinajstić information content (AvgIpc) is 3.31. The maximum Gasteiger partial charge on any atom is 0.266 e. The third kappa shape index (κ3) is 4.18. The third-order valence-electron chi connectivity index (χ3n) is 6.72. The molecule has 3 heterocycles. The molecule has 2 saturated heterocycles. The standard InChI is InChI=1S/C22H27ClF2N4O2S/c1-14-12-15(29-11-9-22(2,13-29)16-6-5-10-28(16)3)19(23)20(25)21(14)32(30,31)27-18-8-4-7-17(24)26-18/h4,7-8,12,16H,5-6,9-11,13H2,1-3H3,(H,26,27)/t16-,22-/m1/s1. The minimum Gasteiger partial charge on any atom is -0.370 e. The van der Waals surface area contributed by atoms with Crippen molar-refractivity contribution >= 4 is 33.1 Å². The van der Waals surface area contributed by atoms with Crippen molar-refractivity contribution in [3.05, 3.63) is 46.6 Å². The van der Waals surface area contributed by atoms with Gasteiger partial charge < -0.3 is 9.80 Å². The van der Waals surface area contributed by atoms with Gasteiger partial charge in [0.05, 0.1) is 5.69 Å². The zero-order valence-corrected chi connectivity index (χ0v) is 19.9. The summed E-state index contributed by atoms with van der Waals surface area (Å²) in [5.74, 6) is -2.10. The first-order chi connectivity index (χ1) is 15.0. The largest absolute Gasteiger partial charge is 0.370 e. The van der Waals surface area contributed by atoms with Gasteiger partial charge in [-0.15, -0.1) is 0 Å². The van der Waals surface area contributed by atoms with Crippen LogP contribution < -0.4 is 9.62 Å². The number of halogens is 3. The van der Waals surface area contributed by atoms with Gasteiger partial charge in [0.15, 0.2) is 5.82 Å². The maximum absolute atomic E-state index is 15.3. The van der Waals surface area contributed by atoms with Crippen LogP contribution in [-0.2, 0) is 10.0 Å². The van der Waals surface area contributed by atoms with Gasteiger partial charge in [0.25, 0.3) is 10.0 Å². The van der Waals surface area contributed by atoms with Crippen LogP contribution in [0.2, 0.25) is 5.02 Å². The molecule has 0 bridgehead atoms. The normalized spacial score (nSPS) is 24.3. The number of nitrogens with one attached hydrogen (secondary N) is 1. The quantitative estimate of drug-likeness (QED) is 0.636. The van der Waals surface area contributed by atoms with Gasteiger partial charge in [-0.2, -0.15) is 4.39 Å². The van der Waals surface area contributed by atoms with Crippen molar-refractivity contribution in [2.45, 2.75) is 44.0 Å². The Hall–Kier alpha value is -1.97. The molecule has 32 heavy (non-hydrogen) atoms. The number of sulfonamides is 1. The van der Waals surface area contributed by atoms with Crippen LogP contribution in [0.3, 0.4) is 0 Å². The number of likely N-dealkylation sites (tertiary alicyclic amines) is 1. The lowest BCUT2D eigenvalue weighted by molar-refractivity contribution is 0.153. The van der Waals surface area contributed by atoms with E-state index in [1.165, 1.54) is 25.5 Å². The molecular weight excluding hydrogens is 458 g/mol. The second-order valence-corrected chi connectivity index (χ2v) is 11.1. The Labute approximate surface area is 192 Å². The molecule has 6 nitrogen and oxygen atoms in total. The number of nitrogens with zero attached hydrogens (tertiary/aromatic N) is 3. The van der Waals surface area contributed by atoms with Crippen LogP contribution in [0.1, 0.15) is 31.7 Å². The molecule has 174 valence electrons. The van der Waals surface area contributed by atoms with E-state index in [-0.39, 0.29) is 21.8 Å². The van der Waals surface area contributed by atoms with Gasteiger partial charge in [-0.05, 0) is 63.5 Å². The summed E-state index contributed by atoms with van der Waals surface area (Å²) in [6.45, 7) is 6.30. The first-order valence-corrected chi connectivity index (χ1v) is 12.5. The number of benzene rings is 1. The maximum atomic E-state index is 15.3. The summed E-state index contributed by atoms with van der Waals surface area (Å²) in [5, 5.41) is -0.229. The van der Waals surface area contributed by atoms with E-state index in [4.69, 9.17) is 11.6 Å². The smallest absolute Gasteiger partial charge is 0.266 e. The number of pyridine rings is 1. The fourth-order valence-corrected chi connectivity index (χ4v) is 6.82. The summed E-state index contributed by atoms with van der Waals surface area (Å²) in [7, 11) is -2.22. The van der Waals surface area contributed by atoms with Crippen molar-refractivity contribution in [1.82, 2.24) is 9.88 Å². The van der Waals surface area contributed by atoms with Crippen molar-refractivity contribution in [2.75, 3.05) is 36.3 Å². The van der Waals surface area contributed by atoms with Crippen molar-refractivity contribution < 1.29 is 17.2 Å². The highest BCUT2D eigenvalue weighted by Gasteiger charge is 2.44. The fraction of sp³-hybridized carbons (Fsp3) is 0.500. The minimum atomic E-state index is -4.36. The number of hydrogen-bond donors (Lipinski definition) is 1. The van der Waals surface area contributed by atoms with E-state index < -0.39 is 26.7 Å². The Bertz CT molecular complexity index is 1150. The highest BCUT2D eigenvalue weighted by molar-refractivity contribution is 7.92. The van der Waals surface area contributed by atoms with Gasteiger partial charge in [0, 0.05) is 24.5 Å². The van der Waals surface area contributed by atoms with Crippen molar-refractivity contribution in [3.8, 4) is 0 Å². The van der Waals surface area contributed by atoms with Crippen LogP contribution in [0.15, 0.2) is 29.2 Å². The van der Waals surface area contributed by atoms with E-state index in [0.29, 0.717) is 11.7 Å². The van der Waals surface area contributed by atoms with Crippen LogP contribution in [-0.4, -0.2) is 51.0 Å². The van der Waals surface area contributed by atoms with Crippen LogP contribution >= 0.6 is 11.6 Å². The molecule has 2 aliphatic rings. The Balaban J connectivity index is 1.63. The molecule has 2 atom stereocenters. The number of rotatable bonds is 5. The molecule has 1 N–H and O–H groups in total. The fourth-order valence-electron chi connectivity index (χ4n) is 5.19. The summed E-state index contributed by atoms with van der Waals surface area (Å²) in [6, 6.07) is 5.76. The Morgan fingerprint density at radius 1 is 1.28 bits per heavy atom. The third-order valence-corrected chi connectivity index (χ3v) is 8.60. The van der Waals surface area contributed by atoms with E-state index in [1.807, 2.05) is 4.90 Å². The predicted molar refractivity (Wildman–Crippen MR) is 122 cm³/mol. The molecule has 0 amide bonds. The lowest BCUT2D eigenvalue weighted by Crippen LogP contribution is -2.42. The second kappa shape index (κ2) is 8.43. The monoisotopic (exact) mass is 484 g/mol. The number of hydrogen-bond acceptors (Lipinski definition) is 5. The van der Waals surface area contributed by atoms with Crippen LogP contribution in [0, 0.1) is 24.1 Å². The predicted octanol–water partition coefficient (Wildman–Crippen LogP) is 4.43. The Morgan fingerprint density at radius 3 is 2.69 bits per heavy atom. The van der Waals surface area contributed by atoms with Gasteiger partial charge >= 0.3 is 0 Å². The second-order valence-electron chi connectivity index (χ2n) is 9.08. The van der Waals surface area contributed by atoms with E-state index >= 15 is 4.39 Å². The summed E-state index contributed by atoms with van der Waals surface area (Å²) in [4.78, 5) is 7.35. The molecule has 2 aliphatic heterocycles. The van der Waals surface area contributed by atoms with Gasteiger partial charge in [-0.3, -0.25) is 4.72 Å². The zero-order chi connectivity index (χ0) is 23.3. The summed E-state index contributed by atoms with van der Waals surface area (Å²) >= 11 is 6.37. The molecule has 0 radical (unpaired) electrons. The first kappa shape index (κ1) is 23.2. The van der Waals surface area contributed by atoms with E-state index in [1.54, 1.807) is 6.07 Å². The lowest BCUT2D eigenvalue weighted by atomic mass is 9.80. The highest BCUT2D eigenvalue weighted by Crippen LogP contribution is 2.44. The molecule has 1 aromatic heterocycles. The van der Waals surface area contributed by atoms with Crippen LogP contribution in [0.4, 0.5) is 20.3 Å². The number of aromatic nitrogens is 1. The molecule has 2 aromatic rings. The van der Waals surface area contributed by atoms with Crippen molar-refractivity contribution in [1.29, 1.82) is 0 Å². The van der Waals surface area contributed by atoms with Crippen LogP contribution in [0.25, 0.3) is 0 Å². The van der Waals surface area contributed by atoms with Crippen LogP contribution in [0.5, 0.6) is 0 Å². The average molecular weight is 485 g/mol.